The Kier molecular flexibility index (Phi) is 5.45. The highest BCUT2D eigenvalue weighted by molar-refractivity contribution is 7.90. The van der Waals surface area contributed by atoms with Crippen LogP contribution in [0.25, 0.3) is 10.2 Å². The second kappa shape index (κ2) is 8.31. The molecular weight excluding hydrogens is 464 g/mol. The van der Waals surface area contributed by atoms with Crippen molar-refractivity contribution in [2.24, 2.45) is 10.9 Å². The molecule has 5 rings (SSSR count). The number of thiazole rings is 1. The fourth-order valence-corrected chi connectivity index (χ4v) is 5.85. The van der Waals surface area contributed by atoms with Gasteiger partial charge in [0, 0.05) is 17.7 Å². The number of ether oxygens (including phenoxy) is 2. The lowest BCUT2D eigenvalue weighted by Crippen LogP contribution is -2.34. The van der Waals surface area contributed by atoms with Crippen molar-refractivity contribution in [3.8, 4) is 11.5 Å². The highest BCUT2D eigenvalue weighted by Crippen LogP contribution is 2.38. The monoisotopic (exact) mass is 486 g/mol. The van der Waals surface area contributed by atoms with Crippen LogP contribution in [0.2, 0.25) is 0 Å². The van der Waals surface area contributed by atoms with Gasteiger partial charge in [-0.15, -0.1) is 0 Å². The van der Waals surface area contributed by atoms with Gasteiger partial charge in [-0.25, -0.2) is 13.4 Å². The summed E-state index contributed by atoms with van der Waals surface area (Å²) in [6.45, 7) is 4.84. The second-order valence-electron chi connectivity index (χ2n) is 7.88. The van der Waals surface area contributed by atoms with Gasteiger partial charge in [-0.3, -0.25) is 14.5 Å². The summed E-state index contributed by atoms with van der Waals surface area (Å²) in [6.07, 6.45) is 0.685. The molecule has 0 unspecified atom stereocenters. The van der Waals surface area contributed by atoms with Crippen molar-refractivity contribution in [3.05, 3.63) is 42.0 Å². The molecule has 0 spiro atoms. The molecule has 172 valence electrons. The van der Waals surface area contributed by atoms with Crippen LogP contribution in [0, 0.1) is 5.92 Å². The third-order valence-corrected chi connectivity index (χ3v) is 8.00. The van der Waals surface area contributed by atoms with E-state index >= 15 is 0 Å². The zero-order valence-corrected chi connectivity index (χ0v) is 19.6. The van der Waals surface area contributed by atoms with Gasteiger partial charge in [-0.05, 0) is 18.1 Å². The Morgan fingerprint density at radius 3 is 2.73 bits per heavy atom. The highest BCUT2D eigenvalue weighted by atomic mass is 32.2. The first-order valence-corrected chi connectivity index (χ1v) is 12.9. The molecule has 9 nitrogen and oxygen atoms in total. The Morgan fingerprint density at radius 2 is 1.97 bits per heavy atom. The average Bonchev–Trinajstić information content (AvgIpc) is 3.31. The number of aliphatic imine (C=N–C) groups is 1. The fourth-order valence-electron chi connectivity index (χ4n) is 3.73. The summed E-state index contributed by atoms with van der Waals surface area (Å²) in [5.41, 5.74) is 1.16. The van der Waals surface area contributed by atoms with Crippen molar-refractivity contribution in [1.29, 1.82) is 0 Å². The third kappa shape index (κ3) is 4.02. The number of rotatable bonds is 5. The number of carbonyl (C=O) groups excluding carboxylic acids is 1. The molecule has 1 amide bonds. The summed E-state index contributed by atoms with van der Waals surface area (Å²) in [6, 6.07) is 9.44. The summed E-state index contributed by atoms with van der Waals surface area (Å²) < 4.78 is 39.4. The third-order valence-electron chi connectivity index (χ3n) is 5.67. The summed E-state index contributed by atoms with van der Waals surface area (Å²) >= 11 is 1.33. The molecule has 2 aliphatic heterocycles. The molecule has 2 aromatic carbocycles. The SMILES string of the molecule is CC[C@H](C)[C@H](N=C1NS(=O)(=O)c2ccccc21)C(=O)Nc1nc2cc3c(cc2s1)OCCO3. The van der Waals surface area contributed by atoms with Crippen LogP contribution >= 0.6 is 11.3 Å². The van der Waals surface area contributed by atoms with Crippen molar-refractivity contribution in [3.63, 3.8) is 0 Å². The van der Waals surface area contributed by atoms with Gasteiger partial charge in [0.05, 0.1) is 15.1 Å². The van der Waals surface area contributed by atoms with Gasteiger partial charge in [0.15, 0.2) is 16.6 Å². The number of hydrogen-bond donors (Lipinski definition) is 2. The normalized spacial score (nSPS) is 19.0. The van der Waals surface area contributed by atoms with Crippen LogP contribution < -0.4 is 19.5 Å². The van der Waals surface area contributed by atoms with E-state index in [0.717, 1.165) is 4.70 Å². The van der Waals surface area contributed by atoms with Gasteiger partial charge in [0.2, 0.25) is 0 Å². The maximum absolute atomic E-state index is 13.2. The van der Waals surface area contributed by atoms with Crippen LogP contribution in [0.15, 0.2) is 46.3 Å². The standard InChI is InChI=1S/C22H22N4O5S2/c1-3-12(2)19(24-20-13-6-4-5-7-18(13)33(28,29)26-20)21(27)25-22-23-14-10-15-16(11-17(14)32-22)31-9-8-30-15/h4-7,10-12,19H,3,8-9H2,1-2H3,(H,24,26)(H,23,25,27)/t12-,19-/m0/s1. The number of nitrogens with one attached hydrogen (secondary N) is 2. The lowest BCUT2D eigenvalue weighted by atomic mass is 9.99. The first-order valence-electron chi connectivity index (χ1n) is 10.6. The van der Waals surface area contributed by atoms with Gasteiger partial charge in [0.1, 0.15) is 25.1 Å². The van der Waals surface area contributed by atoms with E-state index in [4.69, 9.17) is 9.47 Å². The number of nitrogens with zero attached hydrogens (tertiary/aromatic N) is 2. The number of hydrogen-bond acceptors (Lipinski definition) is 8. The van der Waals surface area contributed by atoms with E-state index in [0.29, 0.717) is 47.3 Å². The number of benzene rings is 2. The van der Waals surface area contributed by atoms with Crippen molar-refractivity contribution >= 4 is 48.5 Å². The van der Waals surface area contributed by atoms with Crippen molar-refractivity contribution in [2.45, 2.75) is 31.2 Å². The number of amidine groups is 1. The van der Waals surface area contributed by atoms with Gasteiger partial charge in [-0.1, -0.05) is 43.7 Å². The molecule has 3 heterocycles. The van der Waals surface area contributed by atoms with E-state index in [9.17, 15) is 13.2 Å². The molecule has 0 radical (unpaired) electrons. The summed E-state index contributed by atoms with van der Waals surface area (Å²) in [7, 11) is -3.69. The van der Waals surface area contributed by atoms with Crippen molar-refractivity contribution in [2.75, 3.05) is 18.5 Å². The number of carbonyl (C=O) groups is 1. The lowest BCUT2D eigenvalue weighted by Gasteiger charge is -2.18. The quantitative estimate of drug-likeness (QED) is 0.572. The van der Waals surface area contributed by atoms with E-state index in [1.807, 2.05) is 19.9 Å². The molecule has 0 saturated heterocycles. The van der Waals surface area contributed by atoms with Crippen LogP contribution in [0.3, 0.4) is 0 Å². The summed E-state index contributed by atoms with van der Waals surface area (Å²) in [5.74, 6) is 0.992. The lowest BCUT2D eigenvalue weighted by molar-refractivity contribution is -0.118. The smallest absolute Gasteiger partial charge is 0.263 e. The molecule has 0 saturated carbocycles. The molecule has 2 aliphatic rings. The largest absolute Gasteiger partial charge is 0.486 e. The van der Waals surface area contributed by atoms with E-state index in [1.165, 1.54) is 17.4 Å². The average molecular weight is 487 g/mol. The van der Waals surface area contributed by atoms with Crippen LogP contribution in [0.1, 0.15) is 25.8 Å². The van der Waals surface area contributed by atoms with E-state index in [-0.39, 0.29) is 22.6 Å². The zero-order valence-electron chi connectivity index (χ0n) is 18.0. The molecule has 3 aromatic rings. The molecular formula is C22H22N4O5S2. The Balaban J connectivity index is 1.44. The highest BCUT2D eigenvalue weighted by Gasteiger charge is 2.33. The van der Waals surface area contributed by atoms with Gasteiger partial charge >= 0.3 is 0 Å². The number of fused-ring (bicyclic) bond motifs is 3. The Bertz CT molecular complexity index is 1340. The molecule has 0 aliphatic carbocycles. The van der Waals surface area contributed by atoms with E-state index < -0.39 is 16.1 Å². The minimum Gasteiger partial charge on any atom is -0.486 e. The second-order valence-corrected chi connectivity index (χ2v) is 10.6. The first kappa shape index (κ1) is 21.7. The van der Waals surface area contributed by atoms with Gasteiger partial charge in [0.25, 0.3) is 15.9 Å². The van der Waals surface area contributed by atoms with Crippen LogP contribution in [0.5, 0.6) is 11.5 Å². The molecule has 11 heteroatoms. The molecule has 0 bridgehead atoms. The molecule has 33 heavy (non-hydrogen) atoms. The minimum atomic E-state index is -3.69. The number of amides is 1. The Hall–Kier alpha value is -3.18. The number of sulfonamides is 1. The minimum absolute atomic E-state index is 0.127. The summed E-state index contributed by atoms with van der Waals surface area (Å²) in [5, 5.41) is 3.29. The molecule has 0 fully saturated rings. The Morgan fingerprint density at radius 1 is 1.24 bits per heavy atom. The van der Waals surface area contributed by atoms with Crippen LogP contribution in [-0.4, -0.2) is 44.4 Å². The van der Waals surface area contributed by atoms with E-state index in [1.54, 1.807) is 24.3 Å². The summed E-state index contributed by atoms with van der Waals surface area (Å²) in [4.78, 5) is 22.4. The topological polar surface area (TPSA) is 119 Å². The first-order chi connectivity index (χ1) is 15.9. The van der Waals surface area contributed by atoms with Crippen molar-refractivity contribution < 1.29 is 22.7 Å². The molecule has 2 N–H and O–H groups in total. The number of anilines is 1. The molecule has 1 aromatic heterocycles. The van der Waals surface area contributed by atoms with Crippen LogP contribution in [0.4, 0.5) is 5.13 Å². The molecule has 2 atom stereocenters. The predicted molar refractivity (Wildman–Crippen MR) is 126 cm³/mol. The maximum Gasteiger partial charge on any atom is 0.263 e. The van der Waals surface area contributed by atoms with E-state index in [2.05, 4.69) is 20.0 Å². The zero-order chi connectivity index (χ0) is 23.2. The maximum atomic E-state index is 13.2. The fraction of sp³-hybridized carbons (Fsp3) is 0.318. The predicted octanol–water partition coefficient (Wildman–Crippen LogP) is 3.16. The number of aromatic nitrogens is 1. The van der Waals surface area contributed by atoms with Crippen LogP contribution in [-0.2, 0) is 14.8 Å². The van der Waals surface area contributed by atoms with Gasteiger partial charge < -0.3 is 14.8 Å². The van der Waals surface area contributed by atoms with Gasteiger partial charge in [-0.2, -0.15) is 0 Å². The Labute approximate surface area is 194 Å². The van der Waals surface area contributed by atoms with Crippen molar-refractivity contribution in [1.82, 2.24) is 9.71 Å².